The van der Waals surface area contributed by atoms with Crippen LogP contribution in [-0.4, -0.2) is 27.8 Å². The van der Waals surface area contributed by atoms with Crippen LogP contribution in [0.15, 0.2) is 11.8 Å². The lowest BCUT2D eigenvalue weighted by atomic mass is 10.1. The number of carboxylic acids is 1. The number of nitrogens with one attached hydrogen (secondary N) is 2. The summed E-state index contributed by atoms with van der Waals surface area (Å²) >= 11 is 0. The molecule has 3 N–H and O–H groups in total. The van der Waals surface area contributed by atoms with Crippen molar-refractivity contribution in [3.8, 4) is 0 Å². The first kappa shape index (κ1) is 6.90. The molecule has 0 saturated heterocycles. The highest BCUT2D eigenvalue weighted by Gasteiger charge is 2.15. The molecule has 0 aromatic carbocycles. The number of carboxylic acid groups (broad SMARTS) is 1. The van der Waals surface area contributed by atoms with E-state index in [-0.39, 0.29) is 0 Å². The Morgan fingerprint density at radius 1 is 1.67 bits per heavy atom. The maximum absolute atomic E-state index is 10.5. The van der Waals surface area contributed by atoms with Crippen LogP contribution in [0.25, 0.3) is 6.08 Å². The molecule has 0 unspecified atom stereocenters. The maximum Gasteiger partial charge on any atom is 0.333 e. The Morgan fingerprint density at radius 3 is 3.25 bits per heavy atom. The molecular formula is C7H7N3O2. The zero-order valence-electron chi connectivity index (χ0n) is 6.16. The monoisotopic (exact) mass is 165 g/mol. The minimum Gasteiger partial charge on any atom is -0.478 e. The second kappa shape index (κ2) is 2.37. The molecular weight excluding hydrogens is 158 g/mol. The number of anilines is 1. The Balaban J connectivity index is 2.41. The third kappa shape index (κ3) is 0.952. The molecule has 0 spiro atoms. The van der Waals surface area contributed by atoms with Crippen LogP contribution in [0.2, 0.25) is 0 Å². The van der Waals surface area contributed by atoms with Gasteiger partial charge in [-0.15, -0.1) is 0 Å². The minimum atomic E-state index is -0.894. The van der Waals surface area contributed by atoms with Gasteiger partial charge in [0, 0.05) is 18.3 Å². The fourth-order valence-corrected chi connectivity index (χ4v) is 1.11. The summed E-state index contributed by atoms with van der Waals surface area (Å²) in [6.07, 6.45) is 3.27. The quantitative estimate of drug-likeness (QED) is 0.559. The van der Waals surface area contributed by atoms with Crippen LogP contribution < -0.4 is 5.32 Å². The first-order valence-electron chi connectivity index (χ1n) is 3.49. The van der Waals surface area contributed by atoms with Gasteiger partial charge in [0.2, 0.25) is 0 Å². The predicted molar refractivity (Wildman–Crippen MR) is 42.7 cm³/mol. The highest BCUT2D eigenvalue weighted by Crippen LogP contribution is 2.19. The van der Waals surface area contributed by atoms with E-state index in [1.807, 2.05) is 0 Å². The molecule has 5 nitrogen and oxygen atoms in total. The zero-order chi connectivity index (χ0) is 8.55. The summed E-state index contributed by atoms with van der Waals surface area (Å²) < 4.78 is 0. The summed E-state index contributed by atoms with van der Waals surface area (Å²) in [5.74, 6) is -0.186. The number of aromatic amines is 1. The highest BCUT2D eigenvalue weighted by atomic mass is 16.4. The first-order valence-corrected chi connectivity index (χ1v) is 3.49. The zero-order valence-corrected chi connectivity index (χ0v) is 6.16. The third-order valence-electron chi connectivity index (χ3n) is 1.72. The molecule has 62 valence electrons. The van der Waals surface area contributed by atoms with E-state index in [1.54, 1.807) is 12.3 Å². The molecule has 0 saturated carbocycles. The van der Waals surface area contributed by atoms with Gasteiger partial charge in [0.05, 0.1) is 5.57 Å². The fourth-order valence-electron chi connectivity index (χ4n) is 1.11. The molecule has 0 bridgehead atoms. The Bertz CT molecular complexity index is 353. The fraction of sp³-hybridized carbons (Fsp3) is 0.143. The SMILES string of the molecule is O=C(O)C1=Cc2c[nH]nc2NC1. The molecule has 1 aromatic rings. The molecule has 1 aliphatic heterocycles. The van der Waals surface area contributed by atoms with Gasteiger partial charge >= 0.3 is 5.97 Å². The normalized spacial score (nSPS) is 14.5. The molecule has 5 heteroatoms. The number of aliphatic carboxylic acids is 1. The summed E-state index contributed by atoms with van der Waals surface area (Å²) in [4.78, 5) is 10.5. The molecule has 1 aliphatic rings. The molecule has 2 heterocycles. The van der Waals surface area contributed by atoms with Gasteiger partial charge in [-0.3, -0.25) is 5.10 Å². The second-order valence-electron chi connectivity index (χ2n) is 2.52. The van der Waals surface area contributed by atoms with E-state index in [2.05, 4.69) is 15.5 Å². The molecule has 0 atom stereocenters. The van der Waals surface area contributed by atoms with Gasteiger partial charge in [0.15, 0.2) is 5.82 Å². The van der Waals surface area contributed by atoms with E-state index in [0.29, 0.717) is 17.9 Å². The Morgan fingerprint density at radius 2 is 2.50 bits per heavy atom. The van der Waals surface area contributed by atoms with E-state index in [0.717, 1.165) is 5.56 Å². The molecule has 0 radical (unpaired) electrons. The lowest BCUT2D eigenvalue weighted by Gasteiger charge is -2.10. The van der Waals surface area contributed by atoms with Gasteiger partial charge in [0.25, 0.3) is 0 Å². The number of rotatable bonds is 1. The Labute approximate surface area is 68.1 Å². The van der Waals surface area contributed by atoms with Crippen LogP contribution in [0.3, 0.4) is 0 Å². The van der Waals surface area contributed by atoms with Crippen LogP contribution >= 0.6 is 0 Å². The number of hydrogen-bond acceptors (Lipinski definition) is 3. The average molecular weight is 165 g/mol. The van der Waals surface area contributed by atoms with Crippen molar-refractivity contribution >= 4 is 17.9 Å². The standard InChI is InChI=1S/C7H7N3O2/c11-7(12)5-1-4-3-9-10-6(4)8-2-5/h1,3H,2H2,(H,11,12)(H2,8,9,10). The van der Waals surface area contributed by atoms with Crippen molar-refractivity contribution in [2.24, 2.45) is 0 Å². The van der Waals surface area contributed by atoms with Crippen molar-refractivity contribution in [2.45, 2.75) is 0 Å². The molecule has 2 rings (SSSR count). The summed E-state index contributed by atoms with van der Waals surface area (Å²) in [6, 6.07) is 0. The predicted octanol–water partition coefficient (Wildman–Crippen LogP) is 0.303. The topological polar surface area (TPSA) is 78.0 Å². The largest absolute Gasteiger partial charge is 0.478 e. The number of H-pyrrole nitrogens is 1. The van der Waals surface area contributed by atoms with Crippen LogP contribution in [-0.2, 0) is 4.79 Å². The highest BCUT2D eigenvalue weighted by molar-refractivity contribution is 5.95. The van der Waals surface area contributed by atoms with Gasteiger partial charge in [-0.25, -0.2) is 4.79 Å². The van der Waals surface area contributed by atoms with Crippen molar-refractivity contribution in [3.05, 3.63) is 17.3 Å². The maximum atomic E-state index is 10.5. The van der Waals surface area contributed by atoms with Crippen LogP contribution in [0.4, 0.5) is 5.82 Å². The molecule has 12 heavy (non-hydrogen) atoms. The van der Waals surface area contributed by atoms with Crippen LogP contribution in [0.1, 0.15) is 5.56 Å². The number of fused-ring (bicyclic) bond motifs is 1. The number of carbonyl (C=O) groups is 1. The van der Waals surface area contributed by atoms with E-state index >= 15 is 0 Å². The van der Waals surface area contributed by atoms with Crippen LogP contribution in [0.5, 0.6) is 0 Å². The lowest BCUT2D eigenvalue weighted by molar-refractivity contribution is -0.132. The van der Waals surface area contributed by atoms with E-state index in [1.165, 1.54) is 0 Å². The smallest absolute Gasteiger partial charge is 0.333 e. The summed E-state index contributed by atoms with van der Waals surface area (Å²) in [7, 11) is 0. The van der Waals surface area contributed by atoms with Gasteiger partial charge in [-0.1, -0.05) is 0 Å². The van der Waals surface area contributed by atoms with Crippen molar-refractivity contribution in [2.75, 3.05) is 11.9 Å². The van der Waals surface area contributed by atoms with Crippen LogP contribution in [0, 0.1) is 0 Å². The van der Waals surface area contributed by atoms with Gasteiger partial charge in [-0.05, 0) is 6.08 Å². The van der Waals surface area contributed by atoms with Crippen molar-refractivity contribution in [1.29, 1.82) is 0 Å². The molecule has 1 aromatic heterocycles. The molecule has 0 fully saturated rings. The van der Waals surface area contributed by atoms with Crippen molar-refractivity contribution in [3.63, 3.8) is 0 Å². The second-order valence-corrected chi connectivity index (χ2v) is 2.52. The summed E-state index contributed by atoms with van der Waals surface area (Å²) in [5.41, 5.74) is 1.14. The van der Waals surface area contributed by atoms with E-state index in [4.69, 9.17) is 5.11 Å². The average Bonchev–Trinajstić information content (AvgIpc) is 2.49. The van der Waals surface area contributed by atoms with Crippen molar-refractivity contribution in [1.82, 2.24) is 10.2 Å². The number of hydrogen-bond donors (Lipinski definition) is 3. The van der Waals surface area contributed by atoms with E-state index in [9.17, 15) is 4.79 Å². The molecule has 0 amide bonds. The number of nitrogens with zero attached hydrogens (tertiary/aromatic N) is 1. The first-order chi connectivity index (χ1) is 5.77. The van der Waals surface area contributed by atoms with Gasteiger partial charge < -0.3 is 10.4 Å². The Kier molecular flexibility index (Phi) is 1.36. The summed E-state index contributed by atoms with van der Waals surface area (Å²) in [5, 5.41) is 18.1. The van der Waals surface area contributed by atoms with E-state index < -0.39 is 5.97 Å². The Hall–Kier alpha value is -1.78. The third-order valence-corrected chi connectivity index (χ3v) is 1.72. The number of aromatic nitrogens is 2. The lowest BCUT2D eigenvalue weighted by Crippen LogP contribution is -2.16. The minimum absolute atomic E-state index is 0.327. The van der Waals surface area contributed by atoms with Gasteiger partial charge in [0.1, 0.15) is 0 Å². The van der Waals surface area contributed by atoms with Gasteiger partial charge in [-0.2, -0.15) is 5.10 Å². The molecule has 0 aliphatic carbocycles. The van der Waals surface area contributed by atoms with Crippen molar-refractivity contribution < 1.29 is 9.90 Å². The summed E-state index contributed by atoms with van der Waals surface area (Å²) in [6.45, 7) is 0.327.